The van der Waals surface area contributed by atoms with Gasteiger partial charge in [-0.2, -0.15) is 5.10 Å². The lowest BCUT2D eigenvalue weighted by atomic mass is 10.1. The Kier molecular flexibility index (Phi) is 4.45. The van der Waals surface area contributed by atoms with Gasteiger partial charge in [0.15, 0.2) is 0 Å². The number of aromatic nitrogens is 2. The number of halogens is 3. The Labute approximate surface area is 126 Å². The molecular formula is C14H13Cl2FN2O. The Bertz CT molecular complexity index is 667. The van der Waals surface area contributed by atoms with Crippen LogP contribution in [-0.4, -0.2) is 15.6 Å². The molecule has 2 aromatic rings. The van der Waals surface area contributed by atoms with E-state index in [1.165, 1.54) is 18.2 Å². The normalized spacial score (nSPS) is 10.8. The predicted octanol–water partition coefficient (Wildman–Crippen LogP) is 3.53. The maximum Gasteiger partial charge on any atom is 0.143 e. The molecule has 2 rings (SSSR count). The number of nitrogens with zero attached hydrogens (tertiary/aromatic N) is 2. The van der Waals surface area contributed by atoms with Crippen LogP contribution in [0.25, 0.3) is 0 Å². The van der Waals surface area contributed by atoms with Gasteiger partial charge in [-0.1, -0.05) is 29.3 Å². The molecule has 6 heteroatoms. The summed E-state index contributed by atoms with van der Waals surface area (Å²) in [4.78, 5) is 12.1. The monoisotopic (exact) mass is 314 g/mol. The van der Waals surface area contributed by atoms with Crippen molar-refractivity contribution in [2.75, 3.05) is 0 Å². The van der Waals surface area contributed by atoms with E-state index in [0.29, 0.717) is 22.0 Å². The zero-order valence-corrected chi connectivity index (χ0v) is 12.6. The second-order valence-electron chi connectivity index (χ2n) is 4.60. The highest BCUT2D eigenvalue weighted by molar-refractivity contribution is 6.32. The molecule has 0 N–H and O–H groups in total. The smallest absolute Gasteiger partial charge is 0.143 e. The Morgan fingerprint density at radius 1 is 1.35 bits per heavy atom. The summed E-state index contributed by atoms with van der Waals surface area (Å²) in [6.45, 7) is 1.78. The topological polar surface area (TPSA) is 34.9 Å². The van der Waals surface area contributed by atoms with Crippen LogP contribution in [0, 0.1) is 12.7 Å². The van der Waals surface area contributed by atoms with E-state index < -0.39 is 5.82 Å². The largest absolute Gasteiger partial charge is 0.299 e. The SMILES string of the molecule is Cc1nn(C)c(CC(=O)Cc2ccc(F)cc2Cl)c1Cl. The van der Waals surface area contributed by atoms with E-state index in [0.717, 1.165) is 0 Å². The minimum Gasteiger partial charge on any atom is -0.299 e. The van der Waals surface area contributed by atoms with Crippen LogP contribution in [0.5, 0.6) is 0 Å². The highest BCUT2D eigenvalue weighted by Gasteiger charge is 2.16. The van der Waals surface area contributed by atoms with Crippen LogP contribution >= 0.6 is 23.2 Å². The molecule has 1 heterocycles. The first-order chi connectivity index (χ1) is 9.38. The number of ketones is 1. The molecule has 1 aromatic heterocycles. The number of aryl methyl sites for hydroxylation is 2. The lowest BCUT2D eigenvalue weighted by molar-refractivity contribution is -0.117. The van der Waals surface area contributed by atoms with E-state index in [1.807, 2.05) is 0 Å². The minimum absolute atomic E-state index is 0.0524. The van der Waals surface area contributed by atoms with Gasteiger partial charge in [0.1, 0.15) is 11.6 Å². The molecule has 0 unspecified atom stereocenters. The molecule has 1 aromatic carbocycles. The average molecular weight is 315 g/mol. The summed E-state index contributed by atoms with van der Waals surface area (Å²) in [7, 11) is 1.74. The van der Waals surface area contributed by atoms with Gasteiger partial charge < -0.3 is 0 Å². The third-order valence-corrected chi connectivity index (χ3v) is 3.87. The first kappa shape index (κ1) is 15.0. The van der Waals surface area contributed by atoms with Crippen LogP contribution in [0.15, 0.2) is 18.2 Å². The molecule has 0 saturated carbocycles. The number of rotatable bonds is 4. The lowest BCUT2D eigenvalue weighted by Gasteiger charge is -2.05. The zero-order chi connectivity index (χ0) is 14.9. The van der Waals surface area contributed by atoms with E-state index in [4.69, 9.17) is 23.2 Å². The number of hydrogen-bond donors (Lipinski definition) is 0. The van der Waals surface area contributed by atoms with Gasteiger partial charge in [0.2, 0.25) is 0 Å². The predicted molar refractivity (Wildman–Crippen MR) is 76.8 cm³/mol. The van der Waals surface area contributed by atoms with Gasteiger partial charge in [-0.15, -0.1) is 0 Å². The van der Waals surface area contributed by atoms with Crippen LogP contribution in [0.3, 0.4) is 0 Å². The fourth-order valence-electron chi connectivity index (χ4n) is 2.00. The number of carbonyl (C=O) groups excluding carboxylic acids is 1. The zero-order valence-electron chi connectivity index (χ0n) is 11.1. The molecule has 0 atom stereocenters. The van der Waals surface area contributed by atoms with E-state index in [1.54, 1.807) is 18.7 Å². The van der Waals surface area contributed by atoms with Crippen molar-refractivity contribution in [2.45, 2.75) is 19.8 Å². The van der Waals surface area contributed by atoms with E-state index >= 15 is 0 Å². The third kappa shape index (κ3) is 3.19. The maximum absolute atomic E-state index is 12.9. The molecule has 0 fully saturated rings. The van der Waals surface area contributed by atoms with Crippen molar-refractivity contribution in [1.29, 1.82) is 0 Å². The summed E-state index contributed by atoms with van der Waals surface area (Å²) in [5, 5.41) is 4.92. The summed E-state index contributed by atoms with van der Waals surface area (Å²) in [6, 6.07) is 4.01. The van der Waals surface area contributed by atoms with Crippen molar-refractivity contribution in [3.63, 3.8) is 0 Å². The van der Waals surface area contributed by atoms with Gasteiger partial charge in [0.25, 0.3) is 0 Å². The number of Topliss-reactive ketones (excluding diaryl/α,β-unsaturated/α-hetero) is 1. The lowest BCUT2D eigenvalue weighted by Crippen LogP contribution is -2.10. The number of benzene rings is 1. The van der Waals surface area contributed by atoms with Crippen molar-refractivity contribution in [3.8, 4) is 0 Å². The summed E-state index contributed by atoms with van der Waals surface area (Å²) >= 11 is 12.0. The Balaban J connectivity index is 2.13. The van der Waals surface area contributed by atoms with Gasteiger partial charge in [-0.25, -0.2) is 4.39 Å². The van der Waals surface area contributed by atoms with Crippen molar-refractivity contribution in [2.24, 2.45) is 7.05 Å². The van der Waals surface area contributed by atoms with Crippen molar-refractivity contribution >= 4 is 29.0 Å². The van der Waals surface area contributed by atoms with Crippen LogP contribution in [0.1, 0.15) is 17.0 Å². The van der Waals surface area contributed by atoms with Crippen LogP contribution < -0.4 is 0 Å². The van der Waals surface area contributed by atoms with Gasteiger partial charge in [-0.05, 0) is 24.6 Å². The highest BCUT2D eigenvalue weighted by Crippen LogP contribution is 2.22. The van der Waals surface area contributed by atoms with E-state index in [-0.39, 0.29) is 23.6 Å². The second kappa shape index (κ2) is 5.94. The van der Waals surface area contributed by atoms with Gasteiger partial charge in [0.05, 0.1) is 22.8 Å². The molecule has 0 bridgehead atoms. The molecular weight excluding hydrogens is 302 g/mol. The van der Waals surface area contributed by atoms with Gasteiger partial charge in [-0.3, -0.25) is 9.48 Å². The van der Waals surface area contributed by atoms with Gasteiger partial charge in [0, 0.05) is 18.5 Å². The van der Waals surface area contributed by atoms with Crippen molar-refractivity contribution in [1.82, 2.24) is 9.78 Å². The van der Waals surface area contributed by atoms with E-state index in [9.17, 15) is 9.18 Å². The summed E-state index contributed by atoms with van der Waals surface area (Å²) in [5.41, 5.74) is 1.97. The second-order valence-corrected chi connectivity index (χ2v) is 5.38. The molecule has 20 heavy (non-hydrogen) atoms. The fourth-order valence-corrected chi connectivity index (χ4v) is 2.46. The Hall–Kier alpha value is -1.39. The first-order valence-corrected chi connectivity index (χ1v) is 6.77. The van der Waals surface area contributed by atoms with Gasteiger partial charge >= 0.3 is 0 Å². The van der Waals surface area contributed by atoms with Crippen molar-refractivity contribution < 1.29 is 9.18 Å². The van der Waals surface area contributed by atoms with Crippen LogP contribution in [-0.2, 0) is 24.7 Å². The molecule has 0 saturated heterocycles. The molecule has 0 radical (unpaired) electrons. The standard InChI is InChI=1S/C14H13Cl2FN2O/c1-8-14(16)13(19(2)18-8)7-11(20)5-9-3-4-10(17)6-12(9)15/h3-4,6H,5,7H2,1-2H3. The average Bonchev–Trinajstić information content (AvgIpc) is 2.60. The van der Waals surface area contributed by atoms with Crippen LogP contribution in [0.4, 0.5) is 4.39 Å². The first-order valence-electron chi connectivity index (χ1n) is 6.02. The maximum atomic E-state index is 12.9. The molecule has 3 nitrogen and oxygen atoms in total. The summed E-state index contributed by atoms with van der Waals surface area (Å²) in [5.74, 6) is -0.472. The Morgan fingerprint density at radius 2 is 2.05 bits per heavy atom. The molecule has 106 valence electrons. The third-order valence-electron chi connectivity index (χ3n) is 3.03. The van der Waals surface area contributed by atoms with Crippen molar-refractivity contribution in [3.05, 3.63) is 51.0 Å². The number of carbonyl (C=O) groups is 1. The molecule has 0 aliphatic heterocycles. The molecule has 0 amide bonds. The van der Waals surface area contributed by atoms with Crippen LogP contribution in [0.2, 0.25) is 10.0 Å². The highest BCUT2D eigenvalue weighted by atomic mass is 35.5. The molecule has 0 aliphatic carbocycles. The minimum atomic E-state index is -0.420. The van der Waals surface area contributed by atoms with E-state index in [2.05, 4.69) is 5.10 Å². The number of hydrogen-bond acceptors (Lipinski definition) is 2. The fraction of sp³-hybridized carbons (Fsp3) is 0.286. The quantitative estimate of drug-likeness (QED) is 0.865. The molecule has 0 aliphatic rings. The summed E-state index contributed by atoms with van der Waals surface area (Å²) < 4.78 is 14.5. The molecule has 0 spiro atoms. The Morgan fingerprint density at radius 3 is 2.60 bits per heavy atom. The summed E-state index contributed by atoms with van der Waals surface area (Å²) in [6.07, 6.45) is 0.309.